The normalized spacial score (nSPS) is 30.7. The van der Waals surface area contributed by atoms with Gasteiger partial charge in [0.15, 0.2) is 11.5 Å². The van der Waals surface area contributed by atoms with E-state index in [0.29, 0.717) is 38.5 Å². The zero-order valence-electron chi connectivity index (χ0n) is 21.3. The van der Waals surface area contributed by atoms with E-state index in [9.17, 15) is 9.90 Å². The number of amides is 1. The van der Waals surface area contributed by atoms with Crippen LogP contribution in [0.5, 0.6) is 11.5 Å². The van der Waals surface area contributed by atoms with Crippen LogP contribution in [0.25, 0.3) is 0 Å². The average Bonchev–Trinajstić information content (AvgIpc) is 2.74. The number of carbonyl (C=O) groups excluding carboxylic acids is 1. The van der Waals surface area contributed by atoms with Gasteiger partial charge < -0.3 is 29.0 Å². The Morgan fingerprint density at radius 1 is 1.32 bits per heavy atom. The van der Waals surface area contributed by atoms with Gasteiger partial charge in [0.05, 0.1) is 25.9 Å². The molecule has 0 bridgehead atoms. The predicted molar refractivity (Wildman–Crippen MR) is 129 cm³/mol. The minimum Gasteiger partial charge on any atom is -0.504 e. The van der Waals surface area contributed by atoms with Crippen LogP contribution in [0, 0.1) is 5.92 Å². The number of hydrogen-bond acceptors (Lipinski definition) is 6. The van der Waals surface area contributed by atoms with Crippen LogP contribution in [0.2, 0.25) is 0 Å². The van der Waals surface area contributed by atoms with E-state index in [-0.39, 0.29) is 23.9 Å². The smallest absolute Gasteiger partial charge is 0.410 e. The van der Waals surface area contributed by atoms with Gasteiger partial charge in [-0.3, -0.25) is 0 Å². The summed E-state index contributed by atoms with van der Waals surface area (Å²) in [5.74, 6) is 0.650. The predicted octanol–water partition coefficient (Wildman–Crippen LogP) is 5.37. The van der Waals surface area contributed by atoms with Crippen LogP contribution in [0.4, 0.5) is 4.79 Å². The van der Waals surface area contributed by atoms with Crippen molar-refractivity contribution in [3.8, 4) is 11.5 Å². The summed E-state index contributed by atoms with van der Waals surface area (Å²) in [6.45, 7) is 13.6. The molecule has 3 aliphatic rings. The first kappa shape index (κ1) is 24.9. The Balaban J connectivity index is 1.61. The van der Waals surface area contributed by atoms with Gasteiger partial charge in [0.25, 0.3) is 0 Å². The molecule has 1 spiro atoms. The minimum atomic E-state index is -0.619. The molecule has 7 heteroatoms. The number of hydrogen-bond donors (Lipinski definition) is 1. The van der Waals surface area contributed by atoms with Gasteiger partial charge in [0.1, 0.15) is 16.8 Å². The molecule has 188 valence electrons. The topological polar surface area (TPSA) is 77.5 Å². The monoisotopic (exact) mass is 473 g/mol. The van der Waals surface area contributed by atoms with Crippen LogP contribution < -0.4 is 4.74 Å². The lowest BCUT2D eigenvalue weighted by molar-refractivity contribution is -0.231. The number of aromatic hydroxyl groups is 1. The van der Waals surface area contributed by atoms with E-state index in [0.717, 1.165) is 18.4 Å². The maximum Gasteiger partial charge on any atom is 0.410 e. The Kier molecular flexibility index (Phi) is 6.64. The fraction of sp³-hybridized carbons (Fsp3) is 0.667. The van der Waals surface area contributed by atoms with E-state index in [1.54, 1.807) is 11.0 Å². The summed E-state index contributed by atoms with van der Waals surface area (Å²) in [4.78, 5) is 14.5. The second kappa shape index (κ2) is 9.08. The van der Waals surface area contributed by atoms with E-state index in [4.69, 9.17) is 18.9 Å². The largest absolute Gasteiger partial charge is 0.504 e. The zero-order chi connectivity index (χ0) is 24.7. The van der Waals surface area contributed by atoms with Crippen molar-refractivity contribution in [3.05, 3.63) is 35.4 Å². The van der Waals surface area contributed by atoms with Crippen LogP contribution in [0.15, 0.2) is 29.8 Å². The number of nitrogens with zero attached hydrogens (tertiary/aromatic N) is 1. The summed E-state index contributed by atoms with van der Waals surface area (Å²) < 4.78 is 25.0. The van der Waals surface area contributed by atoms with Crippen LogP contribution in [0.3, 0.4) is 0 Å². The minimum absolute atomic E-state index is 0.000279. The molecule has 4 atom stereocenters. The molecule has 0 aliphatic carbocycles. The maximum atomic E-state index is 12.8. The first-order valence-electron chi connectivity index (χ1n) is 12.3. The summed E-state index contributed by atoms with van der Waals surface area (Å²) in [6, 6.07) is 5.45. The summed E-state index contributed by atoms with van der Waals surface area (Å²) in [7, 11) is 0. The lowest BCUT2D eigenvalue weighted by Gasteiger charge is -2.55. The first-order chi connectivity index (χ1) is 15.9. The Hall–Kier alpha value is -2.25. The second-order valence-electron chi connectivity index (χ2n) is 11.4. The number of phenols is 1. The highest BCUT2D eigenvalue weighted by Gasteiger charge is 2.56. The first-order valence-corrected chi connectivity index (χ1v) is 12.3. The molecule has 3 heterocycles. The maximum absolute atomic E-state index is 12.8. The van der Waals surface area contributed by atoms with Gasteiger partial charge in [-0.1, -0.05) is 23.8 Å². The Bertz CT molecular complexity index is 949. The number of morpholine rings is 1. The molecule has 34 heavy (non-hydrogen) atoms. The van der Waals surface area contributed by atoms with Gasteiger partial charge in [-0.2, -0.15) is 0 Å². The van der Waals surface area contributed by atoms with Crippen molar-refractivity contribution in [3.63, 3.8) is 0 Å². The number of phenolic OH excluding ortho intramolecular Hbond substituents is 1. The van der Waals surface area contributed by atoms with E-state index in [1.807, 2.05) is 32.9 Å². The van der Waals surface area contributed by atoms with Crippen LogP contribution in [0.1, 0.15) is 72.5 Å². The van der Waals surface area contributed by atoms with Gasteiger partial charge in [-0.05, 0) is 66.9 Å². The van der Waals surface area contributed by atoms with E-state index >= 15 is 0 Å². The molecule has 1 aromatic carbocycles. The van der Waals surface area contributed by atoms with Crippen LogP contribution >= 0.6 is 0 Å². The fourth-order valence-electron chi connectivity index (χ4n) is 5.38. The van der Waals surface area contributed by atoms with Crippen molar-refractivity contribution >= 4 is 6.09 Å². The molecular weight excluding hydrogens is 434 g/mol. The molecule has 2 fully saturated rings. The van der Waals surface area contributed by atoms with Crippen molar-refractivity contribution < 1.29 is 28.8 Å². The van der Waals surface area contributed by atoms with E-state index in [1.165, 1.54) is 5.57 Å². The lowest BCUT2D eigenvalue weighted by Crippen LogP contribution is -2.63. The SMILES string of the molecule is CC(C)=CCC[C@]1(C)Oc2c(O)cccc2[C@H]2OC[C@]3(C[C@@H]21)CN(C(=O)OC(C)(C)C)CCO3. The Morgan fingerprint density at radius 2 is 2.09 bits per heavy atom. The highest BCUT2D eigenvalue weighted by molar-refractivity contribution is 5.68. The van der Waals surface area contributed by atoms with Gasteiger partial charge in [0, 0.05) is 18.0 Å². The molecule has 0 radical (unpaired) electrons. The average molecular weight is 474 g/mol. The Labute approximate surface area is 203 Å². The molecule has 7 nitrogen and oxygen atoms in total. The number of para-hydroxylation sites is 1. The third-order valence-electron chi connectivity index (χ3n) is 7.03. The number of rotatable bonds is 3. The van der Waals surface area contributed by atoms with Gasteiger partial charge in [0.2, 0.25) is 0 Å². The molecule has 1 N–H and O–H groups in total. The Morgan fingerprint density at radius 3 is 2.79 bits per heavy atom. The van der Waals surface area contributed by atoms with Crippen molar-refractivity contribution in [2.24, 2.45) is 5.92 Å². The van der Waals surface area contributed by atoms with Crippen LogP contribution in [-0.2, 0) is 14.2 Å². The number of carbonyl (C=O) groups is 1. The van der Waals surface area contributed by atoms with Gasteiger partial charge >= 0.3 is 6.09 Å². The number of benzene rings is 1. The molecule has 1 aromatic rings. The molecule has 0 unspecified atom stereocenters. The van der Waals surface area contributed by atoms with Gasteiger partial charge in [-0.15, -0.1) is 0 Å². The molecule has 0 aromatic heterocycles. The van der Waals surface area contributed by atoms with Crippen LogP contribution in [-0.4, -0.2) is 59.2 Å². The van der Waals surface area contributed by atoms with E-state index in [2.05, 4.69) is 26.8 Å². The third kappa shape index (κ3) is 5.05. The summed E-state index contributed by atoms with van der Waals surface area (Å²) in [6.07, 6.45) is 4.02. The molecule has 2 saturated heterocycles. The number of allylic oxidation sites excluding steroid dienone is 2. The fourth-order valence-corrected chi connectivity index (χ4v) is 5.38. The second-order valence-corrected chi connectivity index (χ2v) is 11.4. The third-order valence-corrected chi connectivity index (χ3v) is 7.03. The van der Waals surface area contributed by atoms with Crippen molar-refractivity contribution in [2.75, 3.05) is 26.3 Å². The molecule has 4 rings (SSSR count). The highest BCUT2D eigenvalue weighted by Crippen LogP contribution is 2.55. The molecule has 0 saturated carbocycles. The quantitative estimate of drug-likeness (QED) is 0.595. The number of fused-ring (bicyclic) bond motifs is 3. The molecular formula is C27H39NO6. The van der Waals surface area contributed by atoms with Crippen molar-refractivity contribution in [1.82, 2.24) is 4.90 Å². The van der Waals surface area contributed by atoms with Gasteiger partial charge in [-0.25, -0.2) is 4.79 Å². The highest BCUT2D eigenvalue weighted by atomic mass is 16.6. The zero-order valence-corrected chi connectivity index (χ0v) is 21.3. The van der Waals surface area contributed by atoms with E-state index < -0.39 is 16.8 Å². The van der Waals surface area contributed by atoms with Crippen molar-refractivity contribution in [1.29, 1.82) is 0 Å². The lowest BCUT2D eigenvalue weighted by atomic mass is 9.69. The summed E-state index contributed by atoms with van der Waals surface area (Å²) in [5.41, 5.74) is 0.404. The molecule has 3 aliphatic heterocycles. The number of ether oxygens (including phenoxy) is 4. The molecule has 1 amide bonds. The summed E-state index contributed by atoms with van der Waals surface area (Å²) in [5, 5.41) is 10.5. The standard InChI is InChI=1S/C27H39NO6/c1-18(2)9-8-12-26(6)20-15-27(16-28(13-14-32-27)24(30)34-25(3,4)5)17-31-22(20)19-10-7-11-21(29)23(19)33-26/h7,9-11,20,22,29H,8,12-17H2,1-6H3/t20-,22+,26-,27-/m0/s1. The summed E-state index contributed by atoms with van der Waals surface area (Å²) >= 11 is 0. The van der Waals surface area contributed by atoms with Crippen molar-refractivity contribution in [2.45, 2.75) is 83.7 Å².